The molecule has 0 spiro atoms. The zero-order valence-electron chi connectivity index (χ0n) is 17.1. The van der Waals surface area contributed by atoms with E-state index < -0.39 is 9.84 Å². The number of carbonyl (C=O) groups excluding carboxylic acids is 1. The van der Waals surface area contributed by atoms with Crippen molar-refractivity contribution in [1.82, 2.24) is 14.5 Å². The quantitative estimate of drug-likeness (QED) is 0.565. The van der Waals surface area contributed by atoms with Crippen molar-refractivity contribution in [3.63, 3.8) is 0 Å². The van der Waals surface area contributed by atoms with Crippen LogP contribution >= 0.6 is 22.9 Å². The highest BCUT2D eigenvalue weighted by Crippen LogP contribution is 2.23. The van der Waals surface area contributed by atoms with E-state index in [9.17, 15) is 13.2 Å². The third-order valence-corrected chi connectivity index (χ3v) is 8.10. The monoisotopic (exact) mass is 478 g/mol. The summed E-state index contributed by atoms with van der Waals surface area (Å²) in [6.45, 7) is 2.33. The van der Waals surface area contributed by atoms with Gasteiger partial charge in [-0.25, -0.2) is 8.42 Å². The van der Waals surface area contributed by atoms with Gasteiger partial charge in [0.1, 0.15) is 0 Å². The SMILES string of the molecule is Cn1ccs/c1=N\N1CCN(C(=O)CCS(=O)(=O)c2ccc3cc(Cl)ccc3c2)CC1. The Morgan fingerprint density at radius 3 is 2.52 bits per heavy atom. The Kier molecular flexibility index (Phi) is 6.36. The number of benzene rings is 2. The van der Waals surface area contributed by atoms with Crippen molar-refractivity contribution in [2.45, 2.75) is 11.3 Å². The number of piperazine rings is 1. The lowest BCUT2D eigenvalue weighted by molar-refractivity contribution is -0.132. The predicted molar refractivity (Wildman–Crippen MR) is 123 cm³/mol. The van der Waals surface area contributed by atoms with Gasteiger partial charge >= 0.3 is 0 Å². The Morgan fingerprint density at radius 1 is 1.10 bits per heavy atom. The van der Waals surface area contributed by atoms with Crippen molar-refractivity contribution >= 4 is 49.5 Å². The van der Waals surface area contributed by atoms with Crippen LogP contribution in [0.25, 0.3) is 10.8 Å². The Hall–Kier alpha value is -2.36. The van der Waals surface area contributed by atoms with Gasteiger partial charge in [0.05, 0.1) is 23.7 Å². The van der Waals surface area contributed by atoms with Crippen molar-refractivity contribution in [2.75, 3.05) is 31.9 Å². The standard InChI is InChI=1S/C21H23ClN4O3S2/c1-24-11-12-30-21(24)23-26-9-7-25(8-10-26)20(27)6-13-31(28,29)19-5-3-16-14-18(22)4-2-17(16)15-19/h2-5,11-12,14-15H,6-10,13H2,1H3/b23-21-. The molecule has 0 bridgehead atoms. The van der Waals surface area contributed by atoms with Gasteiger partial charge in [0.15, 0.2) is 9.84 Å². The van der Waals surface area contributed by atoms with E-state index in [-0.39, 0.29) is 23.0 Å². The minimum absolute atomic E-state index is 0.0297. The van der Waals surface area contributed by atoms with Crippen LogP contribution in [-0.4, -0.2) is 60.7 Å². The number of thiazole rings is 1. The lowest BCUT2D eigenvalue weighted by Crippen LogP contribution is -2.47. The molecule has 0 radical (unpaired) electrons. The van der Waals surface area contributed by atoms with Crippen LogP contribution in [0, 0.1) is 0 Å². The fourth-order valence-electron chi connectivity index (χ4n) is 3.48. The molecule has 1 aliphatic heterocycles. The van der Waals surface area contributed by atoms with E-state index in [2.05, 4.69) is 5.10 Å². The number of sulfone groups is 1. The van der Waals surface area contributed by atoms with Crippen LogP contribution in [0.4, 0.5) is 0 Å². The summed E-state index contributed by atoms with van der Waals surface area (Å²) in [6, 6.07) is 10.3. The van der Waals surface area contributed by atoms with E-state index in [0.29, 0.717) is 31.2 Å². The molecule has 0 saturated carbocycles. The second-order valence-electron chi connectivity index (χ2n) is 7.45. The lowest BCUT2D eigenvalue weighted by atomic mass is 10.1. The molecule has 0 aliphatic carbocycles. The summed E-state index contributed by atoms with van der Waals surface area (Å²) in [5.74, 6) is -0.349. The molecule has 3 aromatic rings. The van der Waals surface area contributed by atoms with E-state index in [1.54, 1.807) is 52.6 Å². The van der Waals surface area contributed by atoms with Crippen LogP contribution in [0.1, 0.15) is 6.42 Å². The van der Waals surface area contributed by atoms with Gasteiger partial charge < -0.3 is 9.47 Å². The van der Waals surface area contributed by atoms with Crippen LogP contribution in [0.15, 0.2) is 58.0 Å². The smallest absolute Gasteiger partial charge is 0.223 e. The third kappa shape index (κ3) is 5.11. The molecule has 4 rings (SSSR count). The molecule has 1 saturated heterocycles. The highest BCUT2D eigenvalue weighted by Gasteiger charge is 2.23. The number of nitrogens with zero attached hydrogens (tertiary/aromatic N) is 4. The molecule has 31 heavy (non-hydrogen) atoms. The van der Waals surface area contributed by atoms with Gasteiger partial charge in [-0.15, -0.1) is 16.4 Å². The molecule has 7 nitrogen and oxygen atoms in total. The first kappa shape index (κ1) is 21.9. The minimum Gasteiger partial charge on any atom is -0.339 e. The second-order valence-corrected chi connectivity index (χ2v) is 10.9. The second kappa shape index (κ2) is 9.02. The summed E-state index contributed by atoms with van der Waals surface area (Å²) in [6.07, 6.45) is 1.92. The van der Waals surface area contributed by atoms with E-state index >= 15 is 0 Å². The fourth-order valence-corrected chi connectivity index (χ4v) is 5.67. The van der Waals surface area contributed by atoms with Gasteiger partial charge in [-0.1, -0.05) is 23.7 Å². The van der Waals surface area contributed by atoms with Crippen LogP contribution in [0.5, 0.6) is 0 Å². The molecule has 1 amide bonds. The molecule has 10 heteroatoms. The van der Waals surface area contributed by atoms with Gasteiger partial charge in [-0.05, 0) is 35.0 Å². The average molecular weight is 479 g/mol. The average Bonchev–Trinajstić information content (AvgIpc) is 3.16. The molecule has 2 aromatic carbocycles. The van der Waals surface area contributed by atoms with E-state index in [1.165, 1.54) is 0 Å². The van der Waals surface area contributed by atoms with E-state index in [0.717, 1.165) is 15.6 Å². The summed E-state index contributed by atoms with van der Waals surface area (Å²) < 4.78 is 27.5. The Balaban J connectivity index is 1.35. The van der Waals surface area contributed by atoms with Crippen molar-refractivity contribution in [3.05, 3.63) is 57.8 Å². The predicted octanol–water partition coefficient (Wildman–Crippen LogP) is 2.72. The maximum Gasteiger partial charge on any atom is 0.223 e. The number of aromatic nitrogens is 1. The number of fused-ring (bicyclic) bond motifs is 1. The number of amides is 1. The van der Waals surface area contributed by atoms with Crippen molar-refractivity contribution in [1.29, 1.82) is 0 Å². The molecule has 0 unspecified atom stereocenters. The molecule has 164 valence electrons. The summed E-state index contributed by atoms with van der Waals surface area (Å²) in [5.41, 5.74) is 0. The van der Waals surface area contributed by atoms with E-state index in [1.807, 2.05) is 28.2 Å². The van der Waals surface area contributed by atoms with Gasteiger partial charge in [0.2, 0.25) is 10.7 Å². The van der Waals surface area contributed by atoms with Crippen LogP contribution in [0.2, 0.25) is 5.02 Å². The minimum atomic E-state index is -3.56. The molecular formula is C21H23ClN4O3S2. The van der Waals surface area contributed by atoms with Crippen molar-refractivity contribution in [2.24, 2.45) is 12.1 Å². The third-order valence-electron chi connectivity index (χ3n) is 5.31. The number of halogens is 1. The van der Waals surface area contributed by atoms with Gasteiger partial charge in [-0.2, -0.15) is 0 Å². The fraction of sp³-hybridized carbons (Fsp3) is 0.333. The normalized spacial score (nSPS) is 15.6. The largest absolute Gasteiger partial charge is 0.339 e. The first-order valence-corrected chi connectivity index (χ1v) is 12.8. The van der Waals surface area contributed by atoms with Crippen LogP contribution in [0.3, 0.4) is 0 Å². The molecule has 0 N–H and O–H groups in total. The lowest BCUT2D eigenvalue weighted by Gasteiger charge is -2.32. The van der Waals surface area contributed by atoms with Crippen molar-refractivity contribution in [3.8, 4) is 0 Å². The van der Waals surface area contributed by atoms with Gasteiger partial charge in [0, 0.05) is 43.2 Å². The Bertz CT molecular complexity index is 1280. The summed E-state index contributed by atoms with van der Waals surface area (Å²) in [5, 5.41) is 10.8. The van der Waals surface area contributed by atoms with Gasteiger partial charge in [-0.3, -0.25) is 9.80 Å². The number of aryl methyl sites for hydroxylation is 1. The van der Waals surface area contributed by atoms with E-state index in [4.69, 9.17) is 11.6 Å². The summed E-state index contributed by atoms with van der Waals surface area (Å²) >= 11 is 7.55. The molecule has 1 aromatic heterocycles. The maximum absolute atomic E-state index is 12.8. The Morgan fingerprint density at radius 2 is 1.81 bits per heavy atom. The number of carbonyl (C=O) groups is 1. The highest BCUT2D eigenvalue weighted by atomic mass is 35.5. The summed E-state index contributed by atoms with van der Waals surface area (Å²) in [4.78, 5) is 15.5. The first-order chi connectivity index (χ1) is 14.8. The topological polar surface area (TPSA) is 75.0 Å². The van der Waals surface area contributed by atoms with Crippen molar-refractivity contribution < 1.29 is 13.2 Å². The highest BCUT2D eigenvalue weighted by molar-refractivity contribution is 7.91. The van der Waals surface area contributed by atoms with Crippen LogP contribution in [-0.2, 0) is 21.7 Å². The number of hydrogen-bond donors (Lipinski definition) is 0. The molecule has 0 atom stereocenters. The molecule has 1 aliphatic rings. The van der Waals surface area contributed by atoms with Crippen LogP contribution < -0.4 is 4.80 Å². The molecule has 2 heterocycles. The number of hydrogen-bond acceptors (Lipinski definition) is 6. The maximum atomic E-state index is 12.8. The zero-order chi connectivity index (χ0) is 22.0. The zero-order valence-corrected chi connectivity index (χ0v) is 19.5. The molecule has 1 fully saturated rings. The summed E-state index contributed by atoms with van der Waals surface area (Å²) in [7, 11) is -1.61. The first-order valence-electron chi connectivity index (χ1n) is 9.91. The van der Waals surface area contributed by atoms with Gasteiger partial charge in [0.25, 0.3) is 0 Å². The number of rotatable bonds is 5. The Labute approximate surface area is 190 Å². The molecular weight excluding hydrogens is 456 g/mol.